The second-order valence-corrected chi connectivity index (χ2v) is 4.93. The molecule has 0 radical (unpaired) electrons. The Hall–Kier alpha value is -0.960. The van der Waals surface area contributed by atoms with Gasteiger partial charge in [0.2, 0.25) is 0 Å². The van der Waals surface area contributed by atoms with Crippen molar-refractivity contribution in [1.29, 1.82) is 0 Å². The maximum absolute atomic E-state index is 13.8. The first-order valence-corrected chi connectivity index (χ1v) is 5.91. The standard InChI is InChI=1S/C13H15F2N/c14-9-3-4-10(11(15)8-9)13(5-6-13)12-2-1-7-16-12/h3-4,8,12,16H,1-2,5-7H2. The van der Waals surface area contributed by atoms with Gasteiger partial charge >= 0.3 is 0 Å². The van der Waals surface area contributed by atoms with Crippen molar-refractivity contribution in [2.24, 2.45) is 0 Å². The van der Waals surface area contributed by atoms with Gasteiger partial charge in [0.05, 0.1) is 0 Å². The van der Waals surface area contributed by atoms with E-state index in [9.17, 15) is 8.78 Å². The smallest absolute Gasteiger partial charge is 0.129 e. The van der Waals surface area contributed by atoms with Gasteiger partial charge in [-0.3, -0.25) is 0 Å². The Morgan fingerprint density at radius 2 is 2.06 bits per heavy atom. The van der Waals surface area contributed by atoms with Gasteiger partial charge in [0.25, 0.3) is 0 Å². The molecule has 1 unspecified atom stereocenters. The number of rotatable bonds is 2. The zero-order valence-corrected chi connectivity index (χ0v) is 9.10. The van der Waals surface area contributed by atoms with Gasteiger partial charge in [-0.05, 0) is 43.9 Å². The molecule has 1 saturated carbocycles. The van der Waals surface area contributed by atoms with E-state index in [4.69, 9.17) is 0 Å². The van der Waals surface area contributed by atoms with E-state index in [0.717, 1.165) is 38.3 Å². The van der Waals surface area contributed by atoms with Crippen LogP contribution in [0.25, 0.3) is 0 Å². The van der Waals surface area contributed by atoms with Crippen molar-refractivity contribution < 1.29 is 8.78 Å². The van der Waals surface area contributed by atoms with E-state index < -0.39 is 5.82 Å². The summed E-state index contributed by atoms with van der Waals surface area (Å²) in [5, 5.41) is 3.44. The molecular formula is C13H15F2N. The summed E-state index contributed by atoms with van der Waals surface area (Å²) in [5.74, 6) is -0.873. The first-order chi connectivity index (χ1) is 7.72. The molecule has 16 heavy (non-hydrogen) atoms. The number of hydrogen-bond acceptors (Lipinski definition) is 1. The normalized spacial score (nSPS) is 27.0. The fourth-order valence-corrected chi connectivity index (χ4v) is 2.99. The number of hydrogen-bond donors (Lipinski definition) is 1. The third-order valence-electron chi connectivity index (χ3n) is 3.98. The third kappa shape index (κ3) is 1.46. The lowest BCUT2D eigenvalue weighted by Crippen LogP contribution is -2.35. The molecule has 1 aliphatic heterocycles. The van der Waals surface area contributed by atoms with E-state index in [-0.39, 0.29) is 11.2 Å². The maximum Gasteiger partial charge on any atom is 0.129 e. The molecule has 3 heteroatoms. The first-order valence-electron chi connectivity index (χ1n) is 5.91. The van der Waals surface area contributed by atoms with Gasteiger partial charge in [-0.15, -0.1) is 0 Å². The second-order valence-electron chi connectivity index (χ2n) is 4.93. The molecule has 1 atom stereocenters. The van der Waals surface area contributed by atoms with Crippen LogP contribution in [-0.4, -0.2) is 12.6 Å². The van der Waals surface area contributed by atoms with Crippen LogP contribution in [0.5, 0.6) is 0 Å². The minimum absolute atomic E-state index is 0.0473. The van der Waals surface area contributed by atoms with E-state index in [2.05, 4.69) is 5.32 Å². The number of halogens is 2. The van der Waals surface area contributed by atoms with Crippen LogP contribution in [0.4, 0.5) is 8.78 Å². The van der Waals surface area contributed by atoms with Crippen molar-refractivity contribution in [2.75, 3.05) is 6.54 Å². The van der Waals surface area contributed by atoms with E-state index in [0.29, 0.717) is 11.6 Å². The topological polar surface area (TPSA) is 12.0 Å². The van der Waals surface area contributed by atoms with Crippen molar-refractivity contribution >= 4 is 0 Å². The summed E-state index contributed by atoms with van der Waals surface area (Å²) in [7, 11) is 0. The third-order valence-corrected chi connectivity index (χ3v) is 3.98. The summed E-state index contributed by atoms with van der Waals surface area (Å²) >= 11 is 0. The molecule has 0 amide bonds. The Labute approximate surface area is 93.9 Å². The first kappa shape index (κ1) is 10.2. The molecule has 1 aliphatic carbocycles. The van der Waals surface area contributed by atoms with Crippen molar-refractivity contribution in [3.63, 3.8) is 0 Å². The Morgan fingerprint density at radius 1 is 1.25 bits per heavy atom. The highest BCUT2D eigenvalue weighted by molar-refractivity contribution is 5.36. The molecular weight excluding hydrogens is 208 g/mol. The molecule has 2 aliphatic rings. The molecule has 1 nitrogen and oxygen atoms in total. The lowest BCUT2D eigenvalue weighted by Gasteiger charge is -2.24. The molecule has 0 spiro atoms. The van der Waals surface area contributed by atoms with Crippen LogP contribution >= 0.6 is 0 Å². The fourth-order valence-electron chi connectivity index (χ4n) is 2.99. The van der Waals surface area contributed by atoms with Crippen molar-refractivity contribution in [3.8, 4) is 0 Å². The Bertz CT molecular complexity index is 406. The highest BCUT2D eigenvalue weighted by Gasteiger charge is 2.52. The summed E-state index contributed by atoms with van der Waals surface area (Å²) in [6, 6.07) is 4.38. The zero-order chi connectivity index (χ0) is 11.2. The maximum atomic E-state index is 13.8. The monoisotopic (exact) mass is 223 g/mol. The van der Waals surface area contributed by atoms with Gasteiger partial charge in [0, 0.05) is 17.5 Å². The molecule has 1 N–H and O–H groups in total. The summed E-state index contributed by atoms with van der Waals surface area (Å²) < 4.78 is 26.6. The van der Waals surface area contributed by atoms with E-state index in [1.165, 1.54) is 6.07 Å². The minimum atomic E-state index is -0.489. The molecule has 0 bridgehead atoms. The molecule has 1 aromatic rings. The summed E-state index contributed by atoms with van der Waals surface area (Å²) in [6.45, 7) is 1.02. The highest BCUT2D eigenvalue weighted by atomic mass is 19.1. The lowest BCUT2D eigenvalue weighted by molar-refractivity contribution is 0.449. The number of nitrogens with one attached hydrogen (secondary N) is 1. The summed E-state index contributed by atoms with van der Waals surface area (Å²) in [4.78, 5) is 0. The van der Waals surface area contributed by atoms with Crippen LogP contribution in [0.3, 0.4) is 0 Å². The van der Waals surface area contributed by atoms with Gasteiger partial charge < -0.3 is 5.32 Å². The van der Waals surface area contributed by atoms with E-state index >= 15 is 0 Å². The molecule has 2 fully saturated rings. The molecule has 1 heterocycles. The average Bonchev–Trinajstić information content (AvgIpc) is 2.87. The van der Waals surface area contributed by atoms with Crippen molar-refractivity contribution in [3.05, 3.63) is 35.4 Å². The largest absolute Gasteiger partial charge is 0.313 e. The number of benzene rings is 1. The lowest BCUT2D eigenvalue weighted by atomic mass is 9.87. The molecule has 3 rings (SSSR count). The van der Waals surface area contributed by atoms with Gasteiger partial charge in [0.1, 0.15) is 11.6 Å². The Morgan fingerprint density at radius 3 is 2.62 bits per heavy atom. The minimum Gasteiger partial charge on any atom is -0.313 e. The van der Waals surface area contributed by atoms with Gasteiger partial charge in [-0.1, -0.05) is 6.07 Å². The quantitative estimate of drug-likeness (QED) is 0.813. The van der Waals surface area contributed by atoms with Gasteiger partial charge in [-0.25, -0.2) is 8.78 Å². The van der Waals surface area contributed by atoms with Crippen LogP contribution in [0, 0.1) is 11.6 Å². The van der Waals surface area contributed by atoms with Crippen LogP contribution in [-0.2, 0) is 5.41 Å². The van der Waals surface area contributed by atoms with E-state index in [1.807, 2.05) is 0 Å². The van der Waals surface area contributed by atoms with Crippen LogP contribution in [0.1, 0.15) is 31.2 Å². The van der Waals surface area contributed by atoms with E-state index in [1.54, 1.807) is 6.07 Å². The zero-order valence-electron chi connectivity index (χ0n) is 9.10. The molecule has 1 aromatic carbocycles. The predicted octanol–water partition coefficient (Wildman–Crippen LogP) is 2.75. The SMILES string of the molecule is Fc1ccc(C2(C3CCCN3)CC2)c(F)c1. The second kappa shape index (κ2) is 3.52. The van der Waals surface area contributed by atoms with Crippen molar-refractivity contribution in [1.82, 2.24) is 5.32 Å². The molecule has 86 valence electrons. The highest BCUT2D eigenvalue weighted by Crippen LogP contribution is 2.53. The Balaban J connectivity index is 1.96. The average molecular weight is 223 g/mol. The fraction of sp³-hybridized carbons (Fsp3) is 0.538. The summed E-state index contributed by atoms with van der Waals surface area (Å²) in [6.07, 6.45) is 4.31. The van der Waals surface area contributed by atoms with Crippen LogP contribution < -0.4 is 5.32 Å². The molecule has 1 saturated heterocycles. The van der Waals surface area contributed by atoms with Gasteiger partial charge in [-0.2, -0.15) is 0 Å². The molecule has 0 aromatic heterocycles. The Kier molecular flexibility index (Phi) is 2.25. The van der Waals surface area contributed by atoms with Gasteiger partial charge in [0.15, 0.2) is 0 Å². The predicted molar refractivity (Wildman–Crippen MR) is 58.3 cm³/mol. The van der Waals surface area contributed by atoms with Crippen LogP contribution in [0.15, 0.2) is 18.2 Å². The summed E-state index contributed by atoms with van der Waals surface area (Å²) in [5.41, 5.74) is 0.655. The van der Waals surface area contributed by atoms with Crippen LogP contribution in [0.2, 0.25) is 0 Å². The van der Waals surface area contributed by atoms with Crippen molar-refractivity contribution in [2.45, 2.75) is 37.1 Å².